The summed E-state index contributed by atoms with van der Waals surface area (Å²) in [6, 6.07) is 100.0. The lowest BCUT2D eigenvalue weighted by atomic mass is 9.99. The van der Waals surface area contributed by atoms with Gasteiger partial charge in [-0.05, 0) is 133 Å². The summed E-state index contributed by atoms with van der Waals surface area (Å²) in [4.78, 5) is 2.27. The van der Waals surface area contributed by atoms with E-state index in [1.165, 1.54) is 70.0 Å². The Morgan fingerprint density at radius 1 is 0.415 bits per heavy atom. The van der Waals surface area contributed by atoms with E-state index < -0.39 is 8.07 Å². The highest BCUT2D eigenvalue weighted by molar-refractivity contribution is 7.19. The van der Waals surface area contributed by atoms with E-state index in [1.807, 2.05) is 12.2 Å². The molecule has 0 saturated heterocycles. The first-order chi connectivity index (χ1) is 40.5. The zero-order valence-electron chi connectivity index (χ0n) is 45.4. The van der Waals surface area contributed by atoms with E-state index in [1.54, 1.807) is 0 Å². The van der Waals surface area contributed by atoms with Gasteiger partial charge in [0.2, 0.25) is 0 Å². The van der Waals surface area contributed by atoms with Crippen molar-refractivity contribution in [2.75, 3.05) is 4.90 Å². The highest BCUT2D eigenvalue weighted by atomic mass is 28.3. The summed E-state index contributed by atoms with van der Waals surface area (Å²) in [6.45, 7) is 13.0. The van der Waals surface area contributed by atoms with Crippen molar-refractivity contribution in [3.05, 3.63) is 333 Å². The van der Waals surface area contributed by atoms with Crippen LogP contribution in [0.15, 0.2) is 317 Å². The van der Waals surface area contributed by atoms with E-state index in [4.69, 9.17) is 0 Å². The number of benzene rings is 11. The van der Waals surface area contributed by atoms with Crippen molar-refractivity contribution in [3.63, 3.8) is 0 Å². The van der Waals surface area contributed by atoms with Crippen molar-refractivity contribution >= 4 is 107 Å². The fraction of sp³-hybridized carbons (Fsp3) is 0. The zero-order valence-corrected chi connectivity index (χ0v) is 46.4. The molecule has 0 N–H and O–H groups in total. The predicted molar refractivity (Wildman–Crippen MR) is 354 cm³/mol. The number of fused-ring (bicyclic) bond motifs is 6. The van der Waals surface area contributed by atoms with Gasteiger partial charge in [0.25, 0.3) is 0 Å². The Labute approximate surface area is 479 Å². The molecule has 4 heteroatoms. The van der Waals surface area contributed by atoms with Gasteiger partial charge in [0.15, 0.2) is 8.07 Å². The van der Waals surface area contributed by atoms with Crippen LogP contribution in [0.1, 0.15) is 5.56 Å². The molecule has 388 valence electrons. The molecular formula is C78H57N3Si. The lowest BCUT2D eigenvalue weighted by Gasteiger charge is -2.34. The molecule has 0 spiro atoms. The van der Waals surface area contributed by atoms with Crippen LogP contribution in [0.3, 0.4) is 0 Å². The van der Waals surface area contributed by atoms with Gasteiger partial charge in [-0.3, -0.25) is 0 Å². The average molecular weight is 1060 g/mol. The number of nitrogens with zero attached hydrogens (tertiary/aromatic N) is 3. The van der Waals surface area contributed by atoms with Crippen LogP contribution in [0, 0.1) is 0 Å². The maximum atomic E-state index is 4.56. The fourth-order valence-corrected chi connectivity index (χ4v) is 17.5. The van der Waals surface area contributed by atoms with Crippen LogP contribution in [-0.4, -0.2) is 17.0 Å². The second-order valence-corrected chi connectivity index (χ2v) is 24.8. The second-order valence-electron chi connectivity index (χ2n) is 21.0. The molecule has 3 heterocycles. The van der Waals surface area contributed by atoms with Gasteiger partial charge in [0.05, 0.1) is 22.1 Å². The molecule has 0 aliphatic heterocycles. The van der Waals surface area contributed by atoms with Crippen LogP contribution in [-0.2, 0) is 0 Å². The fourth-order valence-electron chi connectivity index (χ4n) is 12.8. The van der Waals surface area contributed by atoms with Crippen molar-refractivity contribution in [2.24, 2.45) is 0 Å². The number of hydrogen-bond acceptors (Lipinski definition) is 1. The Hall–Kier alpha value is -10.5. The molecule has 0 fully saturated rings. The molecule has 3 nitrogen and oxygen atoms in total. The standard InChI is InChI=1S/C78H57N3Si/c1-4-23-69-55(3)80-75-35-20-19-34-71(75)74-54-61(53-73(69)78(74)80)56(5-2)24-22-51-79(63-46-39-59(40-47-63)60-43-50-77-72(52-60)70-33-18-21-36-76(70)81(77)64-25-10-6-11-26-64)62-44-37-57(38-45-62)58-41-48-68(49-42-58)82(65-27-12-7-13-28-65,66-29-14-8-15-30-66)67-31-16-9-17-32-67/h4-54H,1-3H2/b51-22+,56-24+,69-23+. The monoisotopic (exact) mass is 1060 g/mol. The molecule has 0 unspecified atom stereocenters. The number of anilines is 2. The molecule has 0 atom stereocenters. The third-order valence-corrected chi connectivity index (χ3v) is 21.4. The molecule has 0 amide bonds. The number of hydrogen-bond donors (Lipinski definition) is 0. The first-order valence-electron chi connectivity index (χ1n) is 28.0. The Morgan fingerprint density at radius 2 is 0.878 bits per heavy atom. The molecule has 0 saturated carbocycles. The largest absolute Gasteiger partial charge is 0.317 e. The smallest absolute Gasteiger partial charge is 0.179 e. The molecule has 3 aromatic heterocycles. The molecule has 82 heavy (non-hydrogen) atoms. The summed E-state index contributed by atoms with van der Waals surface area (Å²) in [5.41, 5.74) is 14.7. The van der Waals surface area contributed by atoms with Gasteiger partial charge >= 0.3 is 0 Å². The topological polar surface area (TPSA) is 12.6 Å². The maximum Gasteiger partial charge on any atom is 0.179 e. The summed E-state index contributed by atoms with van der Waals surface area (Å²) < 4.78 is 4.66. The van der Waals surface area contributed by atoms with E-state index in [0.29, 0.717) is 0 Å². The van der Waals surface area contributed by atoms with Gasteiger partial charge in [-0.25, -0.2) is 0 Å². The number of rotatable bonds is 14. The van der Waals surface area contributed by atoms with E-state index >= 15 is 0 Å². The molecule has 14 aromatic rings. The SMILES string of the molecule is C=C/C=c1\c(=C)n2c3ccccc3c3cc(/C(C=C)=C/C=C/N(c4ccc(-c5ccc([Si](c6ccccc6)(c6ccccc6)c6ccccc6)cc5)cc4)c4ccc(-c5ccc6c(c5)c5ccccc5n6-c5ccccc5)cc4)cc1c32. The predicted octanol–water partition coefficient (Wildman–Crippen LogP) is 15.8. The molecule has 0 aliphatic rings. The lowest BCUT2D eigenvalue weighted by molar-refractivity contribution is 1.18. The highest BCUT2D eigenvalue weighted by Gasteiger charge is 2.41. The molecular weight excluding hydrogens is 1010 g/mol. The minimum atomic E-state index is -2.66. The second kappa shape index (κ2) is 20.9. The van der Waals surface area contributed by atoms with Crippen molar-refractivity contribution in [3.8, 4) is 27.9 Å². The van der Waals surface area contributed by atoms with Crippen LogP contribution in [0.5, 0.6) is 0 Å². The van der Waals surface area contributed by atoms with Gasteiger partial charge in [-0.1, -0.05) is 244 Å². The summed E-state index contributed by atoms with van der Waals surface area (Å²) in [7, 11) is -2.66. The maximum absolute atomic E-state index is 4.56. The Bertz CT molecular complexity index is 4770. The minimum absolute atomic E-state index is 0.959. The van der Waals surface area contributed by atoms with Gasteiger partial charge in [0.1, 0.15) is 0 Å². The average Bonchev–Trinajstić information content (AvgIpc) is 2.10. The first kappa shape index (κ1) is 49.7. The Morgan fingerprint density at radius 3 is 1.45 bits per heavy atom. The highest BCUT2D eigenvalue weighted by Crippen LogP contribution is 2.38. The van der Waals surface area contributed by atoms with Gasteiger partial charge < -0.3 is 13.9 Å². The minimum Gasteiger partial charge on any atom is -0.317 e. The summed E-state index contributed by atoms with van der Waals surface area (Å²) in [6.07, 6.45) is 12.4. The quantitative estimate of drug-likeness (QED) is 0.0601. The third kappa shape index (κ3) is 8.35. The van der Waals surface area contributed by atoms with Gasteiger partial charge in [-0.2, -0.15) is 0 Å². The van der Waals surface area contributed by atoms with Crippen molar-refractivity contribution in [1.82, 2.24) is 8.97 Å². The normalized spacial score (nSPS) is 12.4. The summed E-state index contributed by atoms with van der Waals surface area (Å²) >= 11 is 0. The van der Waals surface area contributed by atoms with Crippen molar-refractivity contribution in [2.45, 2.75) is 0 Å². The van der Waals surface area contributed by atoms with Crippen molar-refractivity contribution in [1.29, 1.82) is 0 Å². The molecule has 0 aliphatic carbocycles. The van der Waals surface area contributed by atoms with E-state index in [9.17, 15) is 0 Å². The number of aromatic nitrogens is 2. The lowest BCUT2D eigenvalue weighted by Crippen LogP contribution is -2.74. The Kier molecular flexibility index (Phi) is 12.7. The summed E-state index contributed by atoms with van der Waals surface area (Å²) in [5, 5.41) is 13.5. The van der Waals surface area contributed by atoms with E-state index in [2.05, 4.69) is 331 Å². The van der Waals surface area contributed by atoms with Crippen LogP contribution in [0.25, 0.3) is 95.2 Å². The van der Waals surface area contributed by atoms with Crippen LogP contribution in [0.2, 0.25) is 0 Å². The van der Waals surface area contributed by atoms with Gasteiger partial charge in [-0.15, -0.1) is 0 Å². The zero-order chi connectivity index (χ0) is 55.2. The van der Waals surface area contributed by atoms with Crippen LogP contribution in [0.4, 0.5) is 11.4 Å². The van der Waals surface area contributed by atoms with Gasteiger partial charge in [0, 0.05) is 60.8 Å². The third-order valence-electron chi connectivity index (χ3n) is 16.6. The number of para-hydroxylation sites is 3. The first-order valence-corrected chi connectivity index (χ1v) is 30.0. The molecule has 0 radical (unpaired) electrons. The van der Waals surface area contributed by atoms with E-state index in [-0.39, 0.29) is 0 Å². The van der Waals surface area contributed by atoms with E-state index in [0.717, 1.165) is 60.8 Å². The van der Waals surface area contributed by atoms with Crippen LogP contribution >= 0.6 is 0 Å². The molecule has 11 aromatic carbocycles. The summed E-state index contributed by atoms with van der Waals surface area (Å²) in [5.74, 6) is 0. The van der Waals surface area contributed by atoms with Crippen LogP contribution < -0.4 is 36.2 Å². The van der Waals surface area contributed by atoms with Crippen molar-refractivity contribution < 1.29 is 0 Å². The Balaban J connectivity index is 0.844. The molecule has 0 bridgehead atoms. The number of allylic oxidation sites excluding steroid dienone is 5. The molecule has 14 rings (SSSR count).